The molecule has 2 unspecified atom stereocenters. The van der Waals surface area contributed by atoms with Crippen LogP contribution in [0.4, 0.5) is 0 Å². The quantitative estimate of drug-likeness (QED) is 0.683. The van der Waals surface area contributed by atoms with Crippen LogP contribution in [-0.2, 0) is 0 Å². The smallest absolute Gasteiger partial charge is 0.203 e. The maximum absolute atomic E-state index is 5.49. The normalized spacial score (nSPS) is 15.2. The largest absolute Gasteiger partial charge is 0.493 e. The van der Waals surface area contributed by atoms with Gasteiger partial charge in [0.2, 0.25) is 5.75 Å². The number of ether oxygens (including phenoxy) is 3. The van der Waals surface area contributed by atoms with Crippen LogP contribution < -0.4 is 14.2 Å². The third-order valence-corrected chi connectivity index (χ3v) is 4.59. The Labute approximate surface area is 129 Å². The molecule has 0 fully saturated rings. The molecule has 0 saturated heterocycles. The van der Waals surface area contributed by atoms with E-state index in [1.807, 2.05) is 0 Å². The van der Waals surface area contributed by atoms with E-state index in [4.69, 9.17) is 14.2 Å². The van der Waals surface area contributed by atoms with Gasteiger partial charge in [-0.15, -0.1) is 0 Å². The van der Waals surface area contributed by atoms with Gasteiger partial charge < -0.3 is 14.2 Å². The molecular formula is C18H30O3. The van der Waals surface area contributed by atoms with E-state index in [1.165, 1.54) is 5.56 Å². The van der Waals surface area contributed by atoms with E-state index in [2.05, 4.69) is 39.8 Å². The molecule has 0 aliphatic rings. The highest BCUT2D eigenvalue weighted by Crippen LogP contribution is 2.44. The van der Waals surface area contributed by atoms with Gasteiger partial charge in [-0.1, -0.05) is 40.5 Å². The monoisotopic (exact) mass is 294 g/mol. The molecule has 1 aromatic rings. The number of benzene rings is 1. The van der Waals surface area contributed by atoms with Gasteiger partial charge in [-0.05, 0) is 35.4 Å². The van der Waals surface area contributed by atoms with Crippen LogP contribution in [0.3, 0.4) is 0 Å². The third-order valence-electron chi connectivity index (χ3n) is 4.59. The summed E-state index contributed by atoms with van der Waals surface area (Å²) in [6.07, 6.45) is 2.32. The Kier molecular flexibility index (Phi) is 6.86. The van der Waals surface area contributed by atoms with Gasteiger partial charge in [-0.25, -0.2) is 0 Å². The van der Waals surface area contributed by atoms with Crippen molar-refractivity contribution in [3.8, 4) is 17.2 Å². The summed E-state index contributed by atoms with van der Waals surface area (Å²) >= 11 is 0. The second-order valence-corrected chi connectivity index (χ2v) is 5.76. The molecule has 1 rings (SSSR count). The van der Waals surface area contributed by atoms with Crippen molar-refractivity contribution in [3.63, 3.8) is 0 Å². The lowest BCUT2D eigenvalue weighted by Gasteiger charge is -2.30. The summed E-state index contributed by atoms with van der Waals surface area (Å²) < 4.78 is 16.4. The van der Waals surface area contributed by atoms with Gasteiger partial charge in [0, 0.05) is 0 Å². The van der Waals surface area contributed by atoms with Crippen LogP contribution >= 0.6 is 0 Å². The van der Waals surface area contributed by atoms with E-state index in [0.29, 0.717) is 23.5 Å². The predicted octanol–water partition coefficient (Wildman–Crippen LogP) is 4.89. The van der Waals surface area contributed by atoms with E-state index < -0.39 is 0 Å². The molecule has 1 aromatic carbocycles. The van der Waals surface area contributed by atoms with Crippen molar-refractivity contribution in [2.75, 3.05) is 21.3 Å². The van der Waals surface area contributed by atoms with E-state index in [9.17, 15) is 0 Å². The summed E-state index contributed by atoms with van der Waals surface area (Å²) in [6.45, 7) is 9.14. The highest BCUT2D eigenvalue weighted by Gasteiger charge is 2.26. The molecule has 0 radical (unpaired) electrons. The van der Waals surface area contributed by atoms with Crippen LogP contribution in [0.25, 0.3) is 0 Å². The van der Waals surface area contributed by atoms with Crippen molar-refractivity contribution < 1.29 is 14.2 Å². The summed E-state index contributed by atoms with van der Waals surface area (Å²) in [7, 11) is 4.98. The molecule has 0 amide bonds. The number of hydrogen-bond acceptors (Lipinski definition) is 3. The Bertz CT molecular complexity index is 407. The van der Waals surface area contributed by atoms with Gasteiger partial charge in [0.15, 0.2) is 11.5 Å². The fourth-order valence-corrected chi connectivity index (χ4v) is 3.02. The van der Waals surface area contributed by atoms with Crippen molar-refractivity contribution in [3.05, 3.63) is 17.7 Å². The standard InChI is InChI=1S/C18H30O3/c1-8-12(3)17(13(4)9-2)14-10-15(19-5)18(21-7)16(11-14)20-6/h10-13,17H,8-9H2,1-7H3. The molecule has 0 aromatic heterocycles. The fraction of sp³-hybridized carbons (Fsp3) is 0.667. The molecule has 120 valence electrons. The molecule has 0 N–H and O–H groups in total. The topological polar surface area (TPSA) is 27.7 Å². The number of hydrogen-bond donors (Lipinski definition) is 0. The minimum atomic E-state index is 0.494. The van der Waals surface area contributed by atoms with Crippen LogP contribution in [0.5, 0.6) is 17.2 Å². The van der Waals surface area contributed by atoms with Crippen molar-refractivity contribution in [2.45, 2.75) is 46.5 Å². The van der Waals surface area contributed by atoms with Crippen molar-refractivity contribution in [2.24, 2.45) is 11.8 Å². The molecule has 3 heteroatoms. The van der Waals surface area contributed by atoms with E-state index >= 15 is 0 Å². The average molecular weight is 294 g/mol. The molecule has 0 spiro atoms. The molecule has 21 heavy (non-hydrogen) atoms. The zero-order chi connectivity index (χ0) is 16.0. The van der Waals surface area contributed by atoms with Crippen molar-refractivity contribution in [1.82, 2.24) is 0 Å². The number of rotatable bonds is 8. The Morgan fingerprint density at radius 3 is 1.52 bits per heavy atom. The summed E-state index contributed by atoms with van der Waals surface area (Å²) in [5.74, 6) is 3.86. The summed E-state index contributed by atoms with van der Waals surface area (Å²) in [6, 6.07) is 4.20. The lowest BCUT2D eigenvalue weighted by molar-refractivity contribution is 0.311. The van der Waals surface area contributed by atoms with E-state index in [0.717, 1.165) is 24.3 Å². The predicted molar refractivity (Wildman–Crippen MR) is 87.7 cm³/mol. The maximum Gasteiger partial charge on any atom is 0.203 e. The van der Waals surface area contributed by atoms with Gasteiger partial charge in [0.25, 0.3) is 0 Å². The lowest BCUT2D eigenvalue weighted by atomic mass is 9.76. The first-order valence-corrected chi connectivity index (χ1v) is 7.83. The maximum atomic E-state index is 5.49. The van der Waals surface area contributed by atoms with Crippen LogP contribution in [0, 0.1) is 11.8 Å². The molecule has 2 atom stereocenters. The zero-order valence-electron chi connectivity index (χ0n) is 14.5. The molecule has 0 heterocycles. The zero-order valence-corrected chi connectivity index (χ0v) is 14.5. The van der Waals surface area contributed by atoms with Crippen LogP contribution in [0.15, 0.2) is 12.1 Å². The van der Waals surface area contributed by atoms with Crippen LogP contribution in [-0.4, -0.2) is 21.3 Å². The summed E-state index contributed by atoms with van der Waals surface area (Å²) in [5.41, 5.74) is 1.27. The SMILES string of the molecule is CCC(C)C(c1cc(OC)c(OC)c(OC)c1)C(C)CC. The Hall–Kier alpha value is -1.38. The Morgan fingerprint density at radius 2 is 1.24 bits per heavy atom. The van der Waals surface area contributed by atoms with E-state index in [1.54, 1.807) is 21.3 Å². The van der Waals surface area contributed by atoms with Crippen molar-refractivity contribution in [1.29, 1.82) is 0 Å². The molecular weight excluding hydrogens is 264 g/mol. The molecule has 0 saturated carbocycles. The van der Waals surface area contributed by atoms with Gasteiger partial charge in [-0.3, -0.25) is 0 Å². The highest BCUT2D eigenvalue weighted by atomic mass is 16.5. The highest BCUT2D eigenvalue weighted by molar-refractivity contribution is 5.54. The average Bonchev–Trinajstić information content (AvgIpc) is 2.53. The summed E-state index contributed by atoms with van der Waals surface area (Å²) in [5, 5.41) is 0. The first-order chi connectivity index (χ1) is 10.0. The lowest BCUT2D eigenvalue weighted by Crippen LogP contribution is -2.17. The van der Waals surface area contributed by atoms with E-state index in [-0.39, 0.29) is 0 Å². The van der Waals surface area contributed by atoms with Crippen LogP contribution in [0.2, 0.25) is 0 Å². The molecule has 0 bridgehead atoms. The molecule has 0 aliphatic heterocycles. The first kappa shape index (κ1) is 17.7. The first-order valence-electron chi connectivity index (χ1n) is 7.83. The minimum Gasteiger partial charge on any atom is -0.493 e. The molecule has 0 aliphatic carbocycles. The second kappa shape index (κ2) is 8.16. The Morgan fingerprint density at radius 1 is 0.810 bits per heavy atom. The van der Waals surface area contributed by atoms with Crippen LogP contribution in [0.1, 0.15) is 52.0 Å². The van der Waals surface area contributed by atoms with Gasteiger partial charge in [0.05, 0.1) is 21.3 Å². The summed E-state index contributed by atoms with van der Waals surface area (Å²) in [4.78, 5) is 0. The van der Waals surface area contributed by atoms with Crippen molar-refractivity contribution >= 4 is 0 Å². The number of methoxy groups -OCH3 is 3. The third kappa shape index (κ3) is 3.84. The second-order valence-electron chi connectivity index (χ2n) is 5.76. The van der Waals surface area contributed by atoms with Gasteiger partial charge in [0.1, 0.15) is 0 Å². The Balaban J connectivity index is 3.37. The van der Waals surface area contributed by atoms with Gasteiger partial charge >= 0.3 is 0 Å². The fourth-order valence-electron chi connectivity index (χ4n) is 3.02. The van der Waals surface area contributed by atoms with Gasteiger partial charge in [-0.2, -0.15) is 0 Å². The molecule has 3 nitrogen and oxygen atoms in total. The minimum absolute atomic E-state index is 0.494.